The molecule has 19 heavy (non-hydrogen) atoms. The molecule has 1 saturated carbocycles. The number of hydrogen-bond acceptors (Lipinski definition) is 2. The highest BCUT2D eigenvalue weighted by atomic mass is 79.9. The van der Waals surface area contributed by atoms with E-state index in [9.17, 15) is 4.79 Å². The van der Waals surface area contributed by atoms with Gasteiger partial charge in [-0.15, -0.1) is 0 Å². The second-order valence-corrected chi connectivity index (χ2v) is 6.19. The lowest BCUT2D eigenvalue weighted by molar-refractivity contribution is 0.0910. The van der Waals surface area contributed by atoms with Gasteiger partial charge in [0.15, 0.2) is 0 Å². The average molecular weight is 325 g/mol. The Bertz CT molecular complexity index is 430. The number of hydrogen-bond donors (Lipinski definition) is 1. The minimum absolute atomic E-state index is 0.00813. The van der Waals surface area contributed by atoms with Gasteiger partial charge in [0.2, 0.25) is 0 Å². The molecule has 1 heterocycles. The Balaban J connectivity index is 1.99. The molecule has 1 amide bonds. The second-order valence-electron chi connectivity index (χ2n) is 5.28. The monoisotopic (exact) mass is 324 g/mol. The van der Waals surface area contributed by atoms with E-state index in [1.807, 2.05) is 6.07 Å². The summed E-state index contributed by atoms with van der Waals surface area (Å²) in [5, 5.41) is 3.18. The van der Waals surface area contributed by atoms with Gasteiger partial charge in [0, 0.05) is 22.9 Å². The maximum Gasteiger partial charge on any atom is 0.253 e. The number of halogens is 1. The molecule has 1 aliphatic carbocycles. The first-order chi connectivity index (χ1) is 9.20. The van der Waals surface area contributed by atoms with Crippen LogP contribution >= 0.6 is 15.9 Å². The van der Waals surface area contributed by atoms with Gasteiger partial charge in [-0.2, -0.15) is 0 Å². The van der Waals surface area contributed by atoms with Crippen molar-refractivity contribution in [1.29, 1.82) is 0 Å². The normalized spacial score (nSPS) is 18.0. The summed E-state index contributed by atoms with van der Waals surface area (Å²) in [7, 11) is 0. The Hall–Kier alpha value is -0.900. The Morgan fingerprint density at radius 2 is 2.16 bits per heavy atom. The van der Waals surface area contributed by atoms with Gasteiger partial charge >= 0.3 is 0 Å². The average Bonchev–Trinajstić information content (AvgIpc) is 2.45. The van der Waals surface area contributed by atoms with Crippen molar-refractivity contribution in [2.45, 2.75) is 51.5 Å². The smallest absolute Gasteiger partial charge is 0.253 e. The lowest BCUT2D eigenvalue weighted by Crippen LogP contribution is -2.40. The van der Waals surface area contributed by atoms with Gasteiger partial charge in [0.25, 0.3) is 5.91 Å². The van der Waals surface area contributed by atoms with Crippen LogP contribution in [0.3, 0.4) is 0 Å². The number of carbonyl (C=O) groups is 1. The highest BCUT2D eigenvalue weighted by molar-refractivity contribution is 9.10. The third-order valence-corrected chi connectivity index (χ3v) is 4.38. The minimum atomic E-state index is -0.00813. The molecule has 0 aromatic carbocycles. The quantitative estimate of drug-likeness (QED) is 0.911. The number of aromatic nitrogens is 1. The largest absolute Gasteiger partial charge is 0.349 e. The fourth-order valence-corrected chi connectivity index (χ4v) is 3.24. The molecular weight excluding hydrogens is 304 g/mol. The molecule has 1 fully saturated rings. The zero-order chi connectivity index (χ0) is 13.7. The van der Waals surface area contributed by atoms with E-state index in [0.29, 0.717) is 17.5 Å². The number of carbonyl (C=O) groups excluding carboxylic acids is 1. The summed E-state index contributed by atoms with van der Waals surface area (Å²) >= 11 is 3.35. The highest BCUT2D eigenvalue weighted by Gasteiger charge is 2.24. The number of rotatable bonds is 4. The molecule has 2 rings (SSSR count). The number of pyridine rings is 1. The van der Waals surface area contributed by atoms with Crippen molar-refractivity contribution < 1.29 is 4.79 Å². The van der Waals surface area contributed by atoms with Gasteiger partial charge in [-0.1, -0.05) is 26.2 Å². The molecule has 0 radical (unpaired) electrons. The van der Waals surface area contributed by atoms with Gasteiger partial charge < -0.3 is 5.32 Å². The van der Waals surface area contributed by atoms with Crippen molar-refractivity contribution in [1.82, 2.24) is 10.3 Å². The molecule has 0 saturated heterocycles. The van der Waals surface area contributed by atoms with Crippen LogP contribution in [0.2, 0.25) is 0 Å². The summed E-state index contributed by atoms with van der Waals surface area (Å²) in [6.45, 7) is 2.15. The Morgan fingerprint density at radius 1 is 1.42 bits per heavy atom. The van der Waals surface area contributed by atoms with Gasteiger partial charge in [0.05, 0.1) is 5.56 Å². The van der Waals surface area contributed by atoms with Gasteiger partial charge in [0.1, 0.15) is 0 Å². The van der Waals surface area contributed by atoms with Crippen molar-refractivity contribution >= 4 is 21.8 Å². The maximum atomic E-state index is 12.2. The number of nitrogens with zero attached hydrogens (tertiary/aromatic N) is 1. The molecule has 104 valence electrons. The number of nitrogens with one attached hydrogen (secondary N) is 1. The van der Waals surface area contributed by atoms with Crippen molar-refractivity contribution in [3.8, 4) is 0 Å². The van der Waals surface area contributed by atoms with Crippen LogP contribution in [0.25, 0.3) is 0 Å². The first-order valence-electron chi connectivity index (χ1n) is 7.12. The molecule has 1 N–H and O–H groups in total. The lowest BCUT2D eigenvalue weighted by atomic mass is 9.83. The van der Waals surface area contributed by atoms with Crippen LogP contribution in [0.15, 0.2) is 22.9 Å². The summed E-state index contributed by atoms with van der Waals surface area (Å²) in [4.78, 5) is 16.3. The third-order valence-electron chi connectivity index (χ3n) is 3.94. The van der Waals surface area contributed by atoms with Gasteiger partial charge in [-0.25, -0.2) is 0 Å². The zero-order valence-electron chi connectivity index (χ0n) is 11.4. The van der Waals surface area contributed by atoms with E-state index in [2.05, 4.69) is 33.2 Å². The van der Waals surface area contributed by atoms with Crippen molar-refractivity contribution in [3.63, 3.8) is 0 Å². The molecular formula is C15H21BrN2O. The molecule has 3 nitrogen and oxygen atoms in total. The van der Waals surface area contributed by atoms with E-state index in [4.69, 9.17) is 0 Å². The van der Waals surface area contributed by atoms with E-state index in [0.717, 1.165) is 10.9 Å². The van der Waals surface area contributed by atoms with Crippen molar-refractivity contribution in [2.75, 3.05) is 0 Å². The van der Waals surface area contributed by atoms with E-state index in [-0.39, 0.29) is 5.91 Å². The van der Waals surface area contributed by atoms with Crippen LogP contribution < -0.4 is 5.32 Å². The molecule has 1 atom stereocenters. The summed E-state index contributed by atoms with van der Waals surface area (Å²) in [5.74, 6) is 0.633. The number of amides is 1. The summed E-state index contributed by atoms with van der Waals surface area (Å²) < 4.78 is 0.839. The van der Waals surface area contributed by atoms with Crippen LogP contribution in [0.4, 0.5) is 0 Å². The van der Waals surface area contributed by atoms with Crippen LogP contribution in [0.5, 0.6) is 0 Å². The molecule has 0 spiro atoms. The molecule has 1 aromatic rings. The molecule has 1 unspecified atom stereocenters. The Kier molecular flexibility index (Phi) is 5.37. The third kappa shape index (κ3) is 4.03. The van der Waals surface area contributed by atoms with Crippen molar-refractivity contribution in [3.05, 3.63) is 28.5 Å². The molecule has 0 aliphatic heterocycles. The van der Waals surface area contributed by atoms with E-state index >= 15 is 0 Å². The van der Waals surface area contributed by atoms with Crippen LogP contribution in [0, 0.1) is 5.92 Å². The van der Waals surface area contributed by atoms with Crippen LogP contribution in [-0.2, 0) is 0 Å². The molecule has 0 bridgehead atoms. The minimum Gasteiger partial charge on any atom is -0.349 e. The maximum absolute atomic E-state index is 12.2. The Morgan fingerprint density at radius 3 is 2.79 bits per heavy atom. The summed E-state index contributed by atoms with van der Waals surface area (Å²) in [6, 6.07) is 2.11. The first kappa shape index (κ1) is 14.5. The Labute approximate surface area is 123 Å². The highest BCUT2D eigenvalue weighted by Crippen LogP contribution is 2.27. The fraction of sp³-hybridized carbons (Fsp3) is 0.600. The summed E-state index contributed by atoms with van der Waals surface area (Å²) in [6.07, 6.45) is 10.7. The van der Waals surface area contributed by atoms with E-state index in [1.165, 1.54) is 32.1 Å². The predicted octanol–water partition coefficient (Wildman–Crippen LogP) is 3.93. The molecule has 4 heteroatoms. The van der Waals surface area contributed by atoms with Crippen LogP contribution in [0.1, 0.15) is 55.8 Å². The van der Waals surface area contributed by atoms with E-state index < -0.39 is 0 Å². The standard InChI is InChI=1S/C15H21BrN2O/c1-2-14(11-6-4-3-5-7-11)18-15(19)12-8-13(16)10-17-9-12/h8-11,14H,2-7H2,1H3,(H,18,19). The zero-order valence-corrected chi connectivity index (χ0v) is 12.9. The summed E-state index contributed by atoms with van der Waals surface area (Å²) in [5.41, 5.74) is 0.628. The van der Waals surface area contributed by atoms with Gasteiger partial charge in [-0.3, -0.25) is 9.78 Å². The molecule has 1 aromatic heterocycles. The topological polar surface area (TPSA) is 42.0 Å². The fourth-order valence-electron chi connectivity index (χ4n) is 2.88. The SMILES string of the molecule is CCC(NC(=O)c1cncc(Br)c1)C1CCCCC1. The van der Waals surface area contributed by atoms with Crippen molar-refractivity contribution in [2.24, 2.45) is 5.92 Å². The predicted molar refractivity (Wildman–Crippen MR) is 80.1 cm³/mol. The van der Waals surface area contributed by atoms with Crippen LogP contribution in [-0.4, -0.2) is 16.9 Å². The first-order valence-corrected chi connectivity index (χ1v) is 7.91. The lowest BCUT2D eigenvalue weighted by Gasteiger charge is -2.30. The second kappa shape index (κ2) is 7.04. The van der Waals surface area contributed by atoms with E-state index in [1.54, 1.807) is 12.4 Å². The van der Waals surface area contributed by atoms with Gasteiger partial charge in [-0.05, 0) is 47.2 Å². The molecule has 1 aliphatic rings.